The maximum atomic E-state index is 5.86. The van der Waals surface area contributed by atoms with E-state index in [1.807, 2.05) is 36.5 Å². The summed E-state index contributed by atoms with van der Waals surface area (Å²) in [5, 5.41) is 3.41. The van der Waals surface area contributed by atoms with Crippen LogP contribution in [0.1, 0.15) is 18.7 Å². The van der Waals surface area contributed by atoms with E-state index in [1.54, 1.807) is 0 Å². The first kappa shape index (κ1) is 14.3. The first-order chi connectivity index (χ1) is 10.3. The van der Waals surface area contributed by atoms with Crippen LogP contribution in [0.5, 0.6) is 0 Å². The summed E-state index contributed by atoms with van der Waals surface area (Å²) >= 11 is 0. The third-order valence-electron chi connectivity index (χ3n) is 4.05. The van der Waals surface area contributed by atoms with E-state index in [-0.39, 0.29) is 0 Å². The van der Waals surface area contributed by atoms with Crippen molar-refractivity contribution in [3.63, 3.8) is 0 Å². The Morgan fingerprint density at radius 1 is 1.24 bits per heavy atom. The average Bonchev–Trinajstić information content (AvgIpc) is 2.97. The van der Waals surface area contributed by atoms with Crippen LogP contribution in [0.3, 0.4) is 0 Å². The minimum atomic E-state index is 0.775. The lowest BCUT2D eigenvalue weighted by molar-refractivity contribution is 0.219. The highest BCUT2D eigenvalue weighted by Gasteiger charge is 2.16. The van der Waals surface area contributed by atoms with Crippen molar-refractivity contribution in [2.24, 2.45) is 5.92 Å². The number of rotatable bonds is 5. The predicted octanol–water partition coefficient (Wildman–Crippen LogP) is 2.77. The molecule has 0 radical (unpaired) electrons. The van der Waals surface area contributed by atoms with Crippen LogP contribution in [0, 0.1) is 5.92 Å². The lowest BCUT2D eigenvalue weighted by Crippen LogP contribution is -2.34. The molecular formula is C17H23N3O. The quantitative estimate of drug-likeness (QED) is 0.917. The summed E-state index contributed by atoms with van der Waals surface area (Å²) in [5.41, 5.74) is 1.08. The molecule has 2 heterocycles. The van der Waals surface area contributed by atoms with E-state index in [2.05, 4.69) is 22.2 Å². The first-order valence-electron chi connectivity index (χ1n) is 7.70. The van der Waals surface area contributed by atoms with Gasteiger partial charge in [-0.15, -0.1) is 0 Å². The highest BCUT2D eigenvalue weighted by atomic mass is 16.4. The number of oxazole rings is 1. The van der Waals surface area contributed by atoms with E-state index in [0.29, 0.717) is 0 Å². The van der Waals surface area contributed by atoms with Gasteiger partial charge in [0.2, 0.25) is 5.89 Å². The van der Waals surface area contributed by atoms with Gasteiger partial charge in [-0.25, -0.2) is 4.98 Å². The van der Waals surface area contributed by atoms with Crippen LogP contribution in [0.4, 0.5) is 0 Å². The summed E-state index contributed by atoms with van der Waals surface area (Å²) in [6, 6.07) is 10.1. The molecule has 0 aliphatic carbocycles. The van der Waals surface area contributed by atoms with Crippen molar-refractivity contribution >= 4 is 0 Å². The fraction of sp³-hybridized carbons (Fsp3) is 0.471. The molecule has 0 atom stereocenters. The molecule has 0 spiro atoms. The second-order valence-corrected chi connectivity index (χ2v) is 5.87. The topological polar surface area (TPSA) is 41.3 Å². The molecule has 4 heteroatoms. The molecule has 0 amide bonds. The van der Waals surface area contributed by atoms with Crippen molar-refractivity contribution < 1.29 is 4.42 Å². The molecular weight excluding hydrogens is 262 g/mol. The standard InChI is InChI=1S/C17H23N3O/c1-20(12-14-7-9-18-10-8-14)13-17-19-11-16(21-17)15-5-3-2-4-6-15/h2-6,11,14,18H,7-10,12-13H2,1H3. The molecule has 1 aliphatic heterocycles. The van der Waals surface area contributed by atoms with Crippen LogP contribution in [-0.2, 0) is 6.54 Å². The molecule has 2 aromatic rings. The molecule has 3 rings (SSSR count). The molecule has 0 bridgehead atoms. The van der Waals surface area contributed by atoms with Crippen molar-refractivity contribution in [1.82, 2.24) is 15.2 Å². The highest BCUT2D eigenvalue weighted by molar-refractivity contribution is 5.55. The summed E-state index contributed by atoms with van der Waals surface area (Å²) in [5.74, 6) is 2.44. The Labute approximate surface area is 126 Å². The Balaban J connectivity index is 1.56. The van der Waals surface area contributed by atoms with Crippen LogP contribution >= 0.6 is 0 Å². The SMILES string of the molecule is CN(Cc1ncc(-c2ccccc2)o1)CC1CCNCC1. The zero-order valence-electron chi connectivity index (χ0n) is 12.6. The van der Waals surface area contributed by atoms with Crippen LogP contribution in [0.2, 0.25) is 0 Å². The van der Waals surface area contributed by atoms with E-state index >= 15 is 0 Å². The number of nitrogens with zero attached hydrogens (tertiary/aromatic N) is 2. The van der Waals surface area contributed by atoms with Crippen LogP contribution in [0.15, 0.2) is 40.9 Å². The van der Waals surface area contributed by atoms with Crippen LogP contribution in [-0.4, -0.2) is 36.6 Å². The van der Waals surface area contributed by atoms with Crippen molar-refractivity contribution in [3.8, 4) is 11.3 Å². The summed E-state index contributed by atoms with van der Waals surface area (Å²) in [6.07, 6.45) is 4.36. The van der Waals surface area contributed by atoms with Gasteiger partial charge in [0.15, 0.2) is 5.76 Å². The Morgan fingerprint density at radius 2 is 2.00 bits per heavy atom. The summed E-state index contributed by atoms with van der Waals surface area (Å²) in [4.78, 5) is 6.72. The maximum Gasteiger partial charge on any atom is 0.209 e. The minimum absolute atomic E-state index is 0.775. The van der Waals surface area contributed by atoms with E-state index in [9.17, 15) is 0 Å². The summed E-state index contributed by atoms with van der Waals surface area (Å²) in [7, 11) is 2.15. The van der Waals surface area contributed by atoms with Crippen molar-refractivity contribution in [2.45, 2.75) is 19.4 Å². The molecule has 0 unspecified atom stereocenters. The monoisotopic (exact) mass is 285 g/mol. The number of hydrogen-bond acceptors (Lipinski definition) is 4. The van der Waals surface area contributed by atoms with Gasteiger partial charge in [-0.1, -0.05) is 30.3 Å². The molecule has 1 fully saturated rings. The second-order valence-electron chi connectivity index (χ2n) is 5.87. The third kappa shape index (κ3) is 3.93. The van der Waals surface area contributed by atoms with Gasteiger partial charge in [0.1, 0.15) is 0 Å². The Hall–Kier alpha value is -1.65. The van der Waals surface area contributed by atoms with Gasteiger partial charge in [-0.2, -0.15) is 0 Å². The molecule has 21 heavy (non-hydrogen) atoms. The van der Waals surface area contributed by atoms with E-state index in [1.165, 1.54) is 12.8 Å². The predicted molar refractivity (Wildman–Crippen MR) is 83.9 cm³/mol. The van der Waals surface area contributed by atoms with Gasteiger partial charge in [-0.05, 0) is 38.9 Å². The largest absolute Gasteiger partial charge is 0.439 e. The van der Waals surface area contributed by atoms with Crippen LogP contribution < -0.4 is 5.32 Å². The highest BCUT2D eigenvalue weighted by Crippen LogP contribution is 2.21. The maximum absolute atomic E-state index is 5.86. The van der Waals surface area contributed by atoms with E-state index in [0.717, 1.165) is 49.3 Å². The molecule has 1 aromatic carbocycles. The number of hydrogen-bond donors (Lipinski definition) is 1. The Kier molecular flexibility index (Phi) is 4.68. The fourth-order valence-corrected chi connectivity index (χ4v) is 2.92. The molecule has 1 saturated heterocycles. The normalized spacial score (nSPS) is 16.5. The number of piperidine rings is 1. The van der Waals surface area contributed by atoms with E-state index < -0.39 is 0 Å². The molecule has 112 valence electrons. The molecule has 1 N–H and O–H groups in total. The van der Waals surface area contributed by atoms with Gasteiger partial charge in [-0.3, -0.25) is 4.90 Å². The lowest BCUT2D eigenvalue weighted by Gasteiger charge is -2.26. The zero-order valence-corrected chi connectivity index (χ0v) is 12.6. The smallest absolute Gasteiger partial charge is 0.209 e. The van der Waals surface area contributed by atoms with Crippen molar-refractivity contribution in [1.29, 1.82) is 0 Å². The van der Waals surface area contributed by atoms with Gasteiger partial charge in [0, 0.05) is 12.1 Å². The summed E-state index contributed by atoms with van der Waals surface area (Å²) < 4.78 is 5.86. The minimum Gasteiger partial charge on any atom is -0.439 e. The number of aromatic nitrogens is 1. The molecule has 1 aromatic heterocycles. The van der Waals surface area contributed by atoms with Gasteiger partial charge in [0.25, 0.3) is 0 Å². The molecule has 1 aliphatic rings. The number of nitrogens with one attached hydrogen (secondary N) is 1. The van der Waals surface area contributed by atoms with Crippen molar-refractivity contribution in [3.05, 3.63) is 42.4 Å². The van der Waals surface area contributed by atoms with Gasteiger partial charge >= 0.3 is 0 Å². The van der Waals surface area contributed by atoms with Gasteiger partial charge < -0.3 is 9.73 Å². The van der Waals surface area contributed by atoms with Gasteiger partial charge in [0.05, 0.1) is 12.7 Å². The lowest BCUT2D eigenvalue weighted by atomic mass is 9.98. The summed E-state index contributed by atoms with van der Waals surface area (Å²) in [6.45, 7) is 4.19. The number of benzene rings is 1. The first-order valence-corrected chi connectivity index (χ1v) is 7.70. The molecule has 0 saturated carbocycles. The Morgan fingerprint density at radius 3 is 2.76 bits per heavy atom. The fourth-order valence-electron chi connectivity index (χ4n) is 2.92. The zero-order chi connectivity index (χ0) is 14.5. The average molecular weight is 285 g/mol. The molecule has 4 nitrogen and oxygen atoms in total. The van der Waals surface area contributed by atoms with Crippen molar-refractivity contribution in [2.75, 3.05) is 26.7 Å². The Bertz CT molecular complexity index is 546. The van der Waals surface area contributed by atoms with Crippen LogP contribution in [0.25, 0.3) is 11.3 Å². The van der Waals surface area contributed by atoms with E-state index in [4.69, 9.17) is 4.42 Å². The second kappa shape index (κ2) is 6.87. The third-order valence-corrected chi connectivity index (χ3v) is 4.05.